The van der Waals surface area contributed by atoms with Gasteiger partial charge in [0.05, 0.1) is 11.5 Å². The SMILES string of the molecule is CC(C)CS(=O)(=O)CCNCCN(C)C. The molecule has 15 heavy (non-hydrogen) atoms. The van der Waals surface area contributed by atoms with Gasteiger partial charge in [0.25, 0.3) is 0 Å². The van der Waals surface area contributed by atoms with Gasteiger partial charge < -0.3 is 10.2 Å². The molecule has 0 amide bonds. The minimum Gasteiger partial charge on any atom is -0.314 e. The first-order valence-electron chi connectivity index (χ1n) is 5.39. The van der Waals surface area contributed by atoms with Crippen LogP contribution in [0.2, 0.25) is 0 Å². The summed E-state index contributed by atoms with van der Waals surface area (Å²) in [6, 6.07) is 0. The second-order valence-corrected chi connectivity index (χ2v) is 6.79. The Morgan fingerprint density at radius 2 is 1.80 bits per heavy atom. The minimum absolute atomic E-state index is 0.219. The fourth-order valence-corrected chi connectivity index (χ4v) is 2.88. The van der Waals surface area contributed by atoms with Crippen molar-refractivity contribution in [1.82, 2.24) is 10.2 Å². The lowest BCUT2D eigenvalue weighted by molar-refractivity contribution is 0.402. The van der Waals surface area contributed by atoms with Crippen LogP contribution in [0.1, 0.15) is 13.8 Å². The highest BCUT2D eigenvalue weighted by molar-refractivity contribution is 7.91. The second-order valence-electron chi connectivity index (χ2n) is 4.56. The zero-order valence-electron chi connectivity index (χ0n) is 10.3. The molecule has 0 aromatic heterocycles. The number of rotatable bonds is 8. The van der Waals surface area contributed by atoms with E-state index in [2.05, 4.69) is 10.2 Å². The third-order valence-electron chi connectivity index (χ3n) is 1.91. The molecule has 0 aromatic rings. The van der Waals surface area contributed by atoms with Crippen molar-refractivity contribution in [3.63, 3.8) is 0 Å². The summed E-state index contributed by atoms with van der Waals surface area (Å²) in [4.78, 5) is 2.07. The zero-order chi connectivity index (χ0) is 11.9. The molecule has 1 N–H and O–H groups in total. The molecular formula is C10H24N2O2S. The zero-order valence-corrected chi connectivity index (χ0v) is 11.1. The van der Waals surface area contributed by atoms with E-state index in [9.17, 15) is 8.42 Å². The number of likely N-dealkylation sites (N-methyl/N-ethyl adjacent to an activating group) is 1. The van der Waals surface area contributed by atoms with Crippen LogP contribution in [0.15, 0.2) is 0 Å². The van der Waals surface area contributed by atoms with Crippen molar-refractivity contribution in [3.8, 4) is 0 Å². The summed E-state index contributed by atoms with van der Waals surface area (Å²) in [5, 5.41) is 3.13. The molecule has 0 heterocycles. The van der Waals surface area contributed by atoms with Gasteiger partial charge in [0, 0.05) is 19.6 Å². The van der Waals surface area contributed by atoms with Gasteiger partial charge >= 0.3 is 0 Å². The maximum Gasteiger partial charge on any atom is 0.151 e. The Bertz CT molecular complexity index is 248. The monoisotopic (exact) mass is 236 g/mol. The normalized spacial score (nSPS) is 12.7. The summed E-state index contributed by atoms with van der Waals surface area (Å²) >= 11 is 0. The molecule has 0 aliphatic rings. The van der Waals surface area contributed by atoms with Gasteiger partial charge in [-0.25, -0.2) is 8.42 Å². The van der Waals surface area contributed by atoms with Crippen LogP contribution >= 0.6 is 0 Å². The summed E-state index contributed by atoms with van der Waals surface area (Å²) in [6.07, 6.45) is 0. The van der Waals surface area contributed by atoms with E-state index in [1.54, 1.807) is 0 Å². The average Bonchev–Trinajstić information content (AvgIpc) is 1.99. The third kappa shape index (κ3) is 10.2. The molecule has 0 rings (SSSR count). The van der Waals surface area contributed by atoms with Gasteiger partial charge in [0.1, 0.15) is 0 Å². The largest absolute Gasteiger partial charge is 0.314 e. The number of nitrogens with one attached hydrogen (secondary N) is 1. The van der Waals surface area contributed by atoms with Gasteiger partial charge in [-0.15, -0.1) is 0 Å². The maximum absolute atomic E-state index is 11.5. The van der Waals surface area contributed by atoms with E-state index >= 15 is 0 Å². The first-order valence-corrected chi connectivity index (χ1v) is 7.21. The molecule has 0 saturated heterocycles. The molecule has 0 unspecified atom stereocenters. The topological polar surface area (TPSA) is 49.4 Å². The van der Waals surface area contributed by atoms with Crippen LogP contribution in [-0.2, 0) is 9.84 Å². The van der Waals surface area contributed by atoms with E-state index in [0.29, 0.717) is 12.3 Å². The Morgan fingerprint density at radius 1 is 1.20 bits per heavy atom. The Hall–Kier alpha value is -0.130. The molecule has 0 bridgehead atoms. The molecule has 0 atom stereocenters. The summed E-state index contributed by atoms with van der Waals surface area (Å²) < 4.78 is 23.0. The van der Waals surface area contributed by atoms with Crippen molar-refractivity contribution in [2.45, 2.75) is 13.8 Å². The summed E-state index contributed by atoms with van der Waals surface area (Å²) in [7, 11) is 1.14. The van der Waals surface area contributed by atoms with Crippen LogP contribution in [0.5, 0.6) is 0 Å². The number of hydrogen-bond acceptors (Lipinski definition) is 4. The van der Waals surface area contributed by atoms with Gasteiger partial charge in [0.15, 0.2) is 9.84 Å². The number of nitrogens with zero attached hydrogens (tertiary/aromatic N) is 1. The fraction of sp³-hybridized carbons (Fsp3) is 1.00. The van der Waals surface area contributed by atoms with Crippen molar-refractivity contribution in [3.05, 3.63) is 0 Å². The highest BCUT2D eigenvalue weighted by Gasteiger charge is 2.12. The fourth-order valence-electron chi connectivity index (χ4n) is 1.25. The number of hydrogen-bond donors (Lipinski definition) is 1. The molecule has 0 saturated carbocycles. The van der Waals surface area contributed by atoms with Crippen LogP contribution in [0.4, 0.5) is 0 Å². The number of sulfone groups is 1. The molecular weight excluding hydrogens is 212 g/mol. The average molecular weight is 236 g/mol. The standard InChI is InChI=1S/C10H24N2O2S/c1-10(2)9-15(13,14)8-6-11-5-7-12(3)4/h10-11H,5-9H2,1-4H3. The molecule has 0 radical (unpaired) electrons. The van der Waals surface area contributed by atoms with Crippen LogP contribution in [0.25, 0.3) is 0 Å². The Labute approximate surface area is 94.0 Å². The van der Waals surface area contributed by atoms with Gasteiger partial charge in [-0.3, -0.25) is 0 Å². The molecule has 0 aliphatic heterocycles. The molecule has 0 spiro atoms. The van der Waals surface area contributed by atoms with Crippen LogP contribution in [-0.4, -0.2) is 58.6 Å². The predicted molar refractivity (Wildman–Crippen MR) is 64.9 cm³/mol. The first-order chi connectivity index (χ1) is 6.83. The Kier molecular flexibility index (Phi) is 7.13. The smallest absolute Gasteiger partial charge is 0.151 e. The molecule has 92 valence electrons. The minimum atomic E-state index is -2.86. The van der Waals surface area contributed by atoms with E-state index in [0.717, 1.165) is 13.1 Å². The lowest BCUT2D eigenvalue weighted by Gasteiger charge is -2.11. The van der Waals surface area contributed by atoms with Gasteiger partial charge in [-0.2, -0.15) is 0 Å². The van der Waals surface area contributed by atoms with E-state index in [1.165, 1.54) is 0 Å². The molecule has 0 aromatic carbocycles. The van der Waals surface area contributed by atoms with E-state index in [-0.39, 0.29) is 11.7 Å². The van der Waals surface area contributed by atoms with Gasteiger partial charge in [0.2, 0.25) is 0 Å². The summed E-state index contributed by atoms with van der Waals surface area (Å²) in [6.45, 7) is 6.19. The Morgan fingerprint density at radius 3 is 2.27 bits per heavy atom. The second kappa shape index (κ2) is 7.19. The van der Waals surface area contributed by atoms with Crippen LogP contribution in [0, 0.1) is 5.92 Å². The van der Waals surface area contributed by atoms with Crippen LogP contribution < -0.4 is 5.32 Å². The lowest BCUT2D eigenvalue weighted by Crippen LogP contribution is -2.31. The maximum atomic E-state index is 11.5. The van der Waals surface area contributed by atoms with Crippen molar-refractivity contribution < 1.29 is 8.42 Å². The third-order valence-corrected chi connectivity index (χ3v) is 3.91. The van der Waals surface area contributed by atoms with Crippen molar-refractivity contribution in [2.24, 2.45) is 5.92 Å². The first kappa shape index (κ1) is 14.9. The lowest BCUT2D eigenvalue weighted by atomic mass is 10.3. The van der Waals surface area contributed by atoms with Crippen molar-refractivity contribution in [2.75, 3.05) is 45.2 Å². The summed E-state index contributed by atoms with van der Waals surface area (Å²) in [5.74, 6) is 0.762. The molecule has 5 heteroatoms. The molecule has 0 fully saturated rings. The van der Waals surface area contributed by atoms with E-state index < -0.39 is 9.84 Å². The van der Waals surface area contributed by atoms with Gasteiger partial charge in [-0.05, 0) is 20.0 Å². The summed E-state index contributed by atoms with van der Waals surface area (Å²) in [5.41, 5.74) is 0. The van der Waals surface area contributed by atoms with Crippen LogP contribution in [0.3, 0.4) is 0 Å². The van der Waals surface area contributed by atoms with Crippen molar-refractivity contribution in [1.29, 1.82) is 0 Å². The molecule has 4 nitrogen and oxygen atoms in total. The van der Waals surface area contributed by atoms with Gasteiger partial charge in [-0.1, -0.05) is 13.8 Å². The van der Waals surface area contributed by atoms with Crippen molar-refractivity contribution >= 4 is 9.84 Å². The quantitative estimate of drug-likeness (QED) is 0.612. The van der Waals surface area contributed by atoms with E-state index in [4.69, 9.17) is 0 Å². The Balaban J connectivity index is 3.58. The highest BCUT2D eigenvalue weighted by atomic mass is 32.2. The highest BCUT2D eigenvalue weighted by Crippen LogP contribution is 1.99. The predicted octanol–water partition coefficient (Wildman–Crippen LogP) is 0.208. The molecule has 0 aliphatic carbocycles. The van der Waals surface area contributed by atoms with E-state index in [1.807, 2.05) is 27.9 Å².